The largest absolute Gasteiger partial charge is 0.355 e. The first-order valence-electron chi connectivity index (χ1n) is 8.71. The number of carbonyl (C=O) groups excluding carboxylic acids is 2. The van der Waals surface area contributed by atoms with Crippen molar-refractivity contribution in [1.82, 2.24) is 15.1 Å². The van der Waals surface area contributed by atoms with Gasteiger partial charge >= 0.3 is 0 Å². The summed E-state index contributed by atoms with van der Waals surface area (Å²) in [4.78, 5) is 36.4. The highest BCUT2D eigenvalue weighted by Gasteiger charge is 2.12. The summed E-state index contributed by atoms with van der Waals surface area (Å²) >= 11 is 3.34. The van der Waals surface area contributed by atoms with Crippen molar-refractivity contribution in [2.24, 2.45) is 7.05 Å². The Morgan fingerprint density at radius 3 is 2.43 bits per heavy atom. The number of halogens is 1. The van der Waals surface area contributed by atoms with Gasteiger partial charge in [0.15, 0.2) is 0 Å². The predicted octanol–water partition coefficient (Wildman–Crippen LogP) is 2.38. The van der Waals surface area contributed by atoms with E-state index in [9.17, 15) is 14.4 Å². The number of anilines is 1. The second-order valence-electron chi connectivity index (χ2n) is 6.25. The molecule has 7 nitrogen and oxygen atoms in total. The molecule has 2 aromatic carbocycles. The Balaban J connectivity index is 1.56. The van der Waals surface area contributed by atoms with E-state index in [2.05, 4.69) is 31.7 Å². The minimum atomic E-state index is -0.257. The van der Waals surface area contributed by atoms with Crippen LogP contribution in [0.5, 0.6) is 0 Å². The van der Waals surface area contributed by atoms with E-state index in [1.54, 1.807) is 43.4 Å². The molecule has 0 spiro atoms. The van der Waals surface area contributed by atoms with Gasteiger partial charge < -0.3 is 10.6 Å². The minimum Gasteiger partial charge on any atom is -0.355 e. The van der Waals surface area contributed by atoms with Crippen molar-refractivity contribution in [2.45, 2.75) is 12.8 Å². The van der Waals surface area contributed by atoms with Crippen molar-refractivity contribution >= 4 is 44.2 Å². The lowest BCUT2D eigenvalue weighted by Gasteiger charge is -2.09. The molecule has 0 unspecified atom stereocenters. The monoisotopic (exact) mass is 442 g/mol. The Morgan fingerprint density at radius 1 is 1.04 bits per heavy atom. The zero-order valence-corrected chi connectivity index (χ0v) is 16.8. The van der Waals surface area contributed by atoms with E-state index in [1.807, 2.05) is 12.1 Å². The fraction of sp³-hybridized carbons (Fsp3) is 0.200. The van der Waals surface area contributed by atoms with E-state index in [1.165, 1.54) is 4.68 Å². The average molecular weight is 443 g/mol. The van der Waals surface area contributed by atoms with Crippen LogP contribution in [0.4, 0.5) is 5.69 Å². The van der Waals surface area contributed by atoms with Gasteiger partial charge in [0, 0.05) is 35.6 Å². The van der Waals surface area contributed by atoms with Crippen molar-refractivity contribution in [3.05, 3.63) is 69.1 Å². The fourth-order valence-electron chi connectivity index (χ4n) is 2.79. The second kappa shape index (κ2) is 8.79. The Kier molecular flexibility index (Phi) is 6.20. The summed E-state index contributed by atoms with van der Waals surface area (Å²) in [6.45, 7) is 0.213. The van der Waals surface area contributed by atoms with Crippen molar-refractivity contribution in [3.8, 4) is 0 Å². The van der Waals surface area contributed by atoms with Crippen LogP contribution in [0.3, 0.4) is 0 Å². The summed E-state index contributed by atoms with van der Waals surface area (Å²) < 4.78 is 2.16. The standard InChI is InChI=1S/C20H19BrN4O3/c1-25-20(28)16-5-3-2-4-15(16)17(24-25)12-19(27)22-11-10-18(26)23-14-8-6-13(21)7-9-14/h2-9H,10-12H2,1H3,(H,22,27)(H,23,26). The maximum absolute atomic E-state index is 12.3. The van der Waals surface area contributed by atoms with Gasteiger partial charge in [-0.05, 0) is 30.3 Å². The molecule has 0 saturated heterocycles. The number of amides is 2. The lowest BCUT2D eigenvalue weighted by molar-refractivity contribution is -0.120. The number of hydrogen-bond donors (Lipinski definition) is 2. The Bertz CT molecular complexity index is 1080. The molecule has 0 bridgehead atoms. The van der Waals surface area contributed by atoms with Crippen LogP contribution in [-0.2, 0) is 23.1 Å². The molecule has 0 radical (unpaired) electrons. The highest BCUT2D eigenvalue weighted by Crippen LogP contribution is 2.15. The normalized spacial score (nSPS) is 10.6. The average Bonchev–Trinajstić information content (AvgIpc) is 2.68. The zero-order valence-electron chi connectivity index (χ0n) is 15.2. The summed E-state index contributed by atoms with van der Waals surface area (Å²) in [7, 11) is 1.56. The summed E-state index contributed by atoms with van der Waals surface area (Å²) in [6.07, 6.45) is 0.187. The quantitative estimate of drug-likeness (QED) is 0.612. The fourth-order valence-corrected chi connectivity index (χ4v) is 3.06. The maximum Gasteiger partial charge on any atom is 0.274 e. The van der Waals surface area contributed by atoms with Gasteiger partial charge in [-0.15, -0.1) is 0 Å². The van der Waals surface area contributed by atoms with Crippen molar-refractivity contribution in [3.63, 3.8) is 0 Å². The molecule has 3 rings (SSSR count). The zero-order chi connectivity index (χ0) is 20.1. The number of nitrogens with one attached hydrogen (secondary N) is 2. The van der Waals surface area contributed by atoms with E-state index in [4.69, 9.17) is 0 Å². The van der Waals surface area contributed by atoms with Gasteiger partial charge in [-0.3, -0.25) is 14.4 Å². The number of carbonyl (C=O) groups is 2. The molecule has 0 aliphatic heterocycles. The van der Waals surface area contributed by atoms with Gasteiger partial charge in [0.1, 0.15) is 0 Å². The first-order valence-corrected chi connectivity index (χ1v) is 9.50. The Hall–Kier alpha value is -3.00. The number of hydrogen-bond acceptors (Lipinski definition) is 4. The van der Waals surface area contributed by atoms with Gasteiger partial charge in [-0.25, -0.2) is 4.68 Å². The first-order chi connectivity index (χ1) is 13.4. The molecule has 1 aromatic heterocycles. The lowest BCUT2D eigenvalue weighted by Crippen LogP contribution is -2.30. The molecule has 1 heterocycles. The predicted molar refractivity (Wildman–Crippen MR) is 111 cm³/mol. The number of aryl methyl sites for hydroxylation is 1. The third kappa shape index (κ3) is 4.83. The van der Waals surface area contributed by atoms with Gasteiger partial charge in [0.25, 0.3) is 5.56 Å². The summed E-state index contributed by atoms with van der Waals surface area (Å²) in [5, 5.41) is 10.9. The van der Waals surface area contributed by atoms with Crippen LogP contribution in [0.2, 0.25) is 0 Å². The van der Waals surface area contributed by atoms with Crippen LogP contribution in [0.25, 0.3) is 10.8 Å². The third-order valence-corrected chi connectivity index (χ3v) is 4.69. The molecule has 0 saturated carbocycles. The Labute approximate surface area is 169 Å². The molecule has 28 heavy (non-hydrogen) atoms. The molecular formula is C20H19BrN4O3. The van der Waals surface area contributed by atoms with Gasteiger partial charge in [-0.1, -0.05) is 34.1 Å². The van der Waals surface area contributed by atoms with Crippen LogP contribution in [-0.4, -0.2) is 28.1 Å². The maximum atomic E-state index is 12.3. The van der Waals surface area contributed by atoms with Gasteiger partial charge in [-0.2, -0.15) is 5.10 Å². The number of nitrogens with zero attached hydrogens (tertiary/aromatic N) is 2. The minimum absolute atomic E-state index is 0.0307. The molecular weight excluding hydrogens is 424 g/mol. The van der Waals surface area contributed by atoms with Gasteiger partial charge in [0.2, 0.25) is 11.8 Å². The van der Waals surface area contributed by atoms with Crippen molar-refractivity contribution in [2.75, 3.05) is 11.9 Å². The lowest BCUT2D eigenvalue weighted by atomic mass is 10.1. The Morgan fingerprint density at radius 2 is 1.71 bits per heavy atom. The van der Waals surface area contributed by atoms with Crippen molar-refractivity contribution in [1.29, 1.82) is 0 Å². The van der Waals surface area contributed by atoms with E-state index >= 15 is 0 Å². The van der Waals surface area contributed by atoms with Crippen LogP contribution in [0.15, 0.2) is 57.8 Å². The number of fused-ring (bicyclic) bond motifs is 1. The molecule has 144 valence electrons. The van der Waals surface area contributed by atoms with Crippen LogP contribution in [0.1, 0.15) is 12.1 Å². The molecule has 8 heteroatoms. The number of rotatable bonds is 6. The van der Waals surface area contributed by atoms with Gasteiger partial charge in [0.05, 0.1) is 17.5 Å². The summed E-state index contributed by atoms with van der Waals surface area (Å²) in [6, 6.07) is 14.3. The SMILES string of the molecule is Cn1nc(CC(=O)NCCC(=O)Nc2ccc(Br)cc2)c2ccccc2c1=O. The molecule has 2 N–H and O–H groups in total. The summed E-state index contributed by atoms with van der Waals surface area (Å²) in [5.41, 5.74) is 1.01. The summed E-state index contributed by atoms with van der Waals surface area (Å²) in [5.74, 6) is -0.443. The molecule has 0 aliphatic carbocycles. The molecule has 0 fully saturated rings. The highest BCUT2D eigenvalue weighted by molar-refractivity contribution is 9.10. The van der Waals surface area contributed by atoms with E-state index in [0.717, 1.165) is 4.47 Å². The van der Waals surface area contributed by atoms with Crippen molar-refractivity contribution < 1.29 is 9.59 Å². The van der Waals surface area contributed by atoms with E-state index < -0.39 is 0 Å². The van der Waals surface area contributed by atoms with E-state index in [-0.39, 0.29) is 36.8 Å². The molecule has 0 aliphatic rings. The van der Waals surface area contributed by atoms with Crippen LogP contribution >= 0.6 is 15.9 Å². The number of aromatic nitrogens is 2. The highest BCUT2D eigenvalue weighted by atomic mass is 79.9. The first kappa shape index (κ1) is 19.8. The van der Waals surface area contributed by atoms with Crippen LogP contribution in [0, 0.1) is 0 Å². The smallest absolute Gasteiger partial charge is 0.274 e. The molecule has 0 atom stereocenters. The van der Waals surface area contributed by atoms with E-state index in [0.29, 0.717) is 22.2 Å². The van der Waals surface area contributed by atoms with Crippen LogP contribution < -0.4 is 16.2 Å². The molecule has 3 aromatic rings. The topological polar surface area (TPSA) is 93.1 Å². The number of benzene rings is 2. The second-order valence-corrected chi connectivity index (χ2v) is 7.17. The molecule has 2 amide bonds. The third-order valence-electron chi connectivity index (χ3n) is 4.16.